The monoisotopic (exact) mass is 397 g/mol. The zero-order chi connectivity index (χ0) is 19.8. The van der Waals surface area contributed by atoms with Crippen LogP contribution in [0.5, 0.6) is 17.2 Å². The first-order valence-electron chi connectivity index (χ1n) is 7.97. The molecule has 2 rings (SSSR count). The smallest absolute Gasteiger partial charge is 0.387 e. The molecule has 0 unspecified atom stereocenters. The standard InChI is InChI=1S/C19H18ClF2NO4/c1-3-26-18-13(20)5-4-6-14(18)23-17(24)10-8-12-7-9-15(27-19(21)22)16(11-12)25-2/h4-11,19H,3H2,1-2H3,(H,23,24). The second-order valence-electron chi connectivity index (χ2n) is 5.16. The van der Waals surface area contributed by atoms with E-state index in [-0.39, 0.29) is 11.5 Å². The van der Waals surface area contributed by atoms with Crippen LogP contribution in [0.4, 0.5) is 14.5 Å². The zero-order valence-corrected chi connectivity index (χ0v) is 15.4. The highest BCUT2D eigenvalue weighted by molar-refractivity contribution is 6.32. The normalized spacial score (nSPS) is 10.9. The maximum absolute atomic E-state index is 12.3. The Morgan fingerprint density at radius 3 is 2.70 bits per heavy atom. The second kappa shape index (κ2) is 9.78. The maximum atomic E-state index is 12.3. The molecule has 1 amide bonds. The van der Waals surface area contributed by atoms with Crippen LogP contribution in [0.1, 0.15) is 12.5 Å². The van der Waals surface area contributed by atoms with Gasteiger partial charge in [-0.25, -0.2) is 0 Å². The lowest BCUT2D eigenvalue weighted by molar-refractivity contribution is -0.111. The van der Waals surface area contributed by atoms with E-state index >= 15 is 0 Å². The van der Waals surface area contributed by atoms with E-state index in [1.54, 1.807) is 18.2 Å². The van der Waals surface area contributed by atoms with Crippen molar-refractivity contribution in [3.63, 3.8) is 0 Å². The lowest BCUT2D eigenvalue weighted by Gasteiger charge is -2.12. The fraction of sp³-hybridized carbons (Fsp3) is 0.211. The average Bonchev–Trinajstić information content (AvgIpc) is 2.63. The van der Waals surface area contributed by atoms with E-state index in [4.69, 9.17) is 21.1 Å². The highest BCUT2D eigenvalue weighted by Gasteiger charge is 2.11. The van der Waals surface area contributed by atoms with Crippen LogP contribution in [-0.2, 0) is 4.79 Å². The molecule has 2 aromatic rings. The first kappa shape index (κ1) is 20.5. The number of rotatable bonds is 8. The van der Waals surface area contributed by atoms with Gasteiger partial charge in [0, 0.05) is 6.08 Å². The molecular formula is C19H18ClF2NO4. The first-order chi connectivity index (χ1) is 12.9. The summed E-state index contributed by atoms with van der Waals surface area (Å²) < 4.78 is 39.5. The largest absolute Gasteiger partial charge is 0.493 e. The Labute approximate surface area is 160 Å². The Balaban J connectivity index is 2.12. The van der Waals surface area contributed by atoms with E-state index in [0.29, 0.717) is 28.6 Å². The minimum Gasteiger partial charge on any atom is -0.493 e. The average molecular weight is 398 g/mol. The van der Waals surface area contributed by atoms with Crippen molar-refractivity contribution in [2.24, 2.45) is 0 Å². The molecule has 2 aromatic carbocycles. The summed E-state index contributed by atoms with van der Waals surface area (Å²) >= 11 is 6.08. The van der Waals surface area contributed by atoms with Gasteiger partial charge in [0.05, 0.1) is 24.4 Å². The van der Waals surface area contributed by atoms with Crippen LogP contribution < -0.4 is 19.5 Å². The summed E-state index contributed by atoms with van der Waals surface area (Å²) in [5.41, 5.74) is 1.01. The summed E-state index contributed by atoms with van der Waals surface area (Å²) in [6.07, 6.45) is 2.80. The summed E-state index contributed by atoms with van der Waals surface area (Å²) in [6, 6.07) is 9.36. The Morgan fingerprint density at radius 1 is 1.26 bits per heavy atom. The first-order valence-corrected chi connectivity index (χ1v) is 8.35. The van der Waals surface area contributed by atoms with E-state index in [1.807, 2.05) is 6.92 Å². The molecule has 0 saturated heterocycles. The number of nitrogens with one attached hydrogen (secondary N) is 1. The van der Waals surface area contributed by atoms with E-state index in [0.717, 1.165) is 0 Å². The van der Waals surface area contributed by atoms with Crippen LogP contribution in [0.2, 0.25) is 5.02 Å². The number of hydrogen-bond donors (Lipinski definition) is 1. The Hall–Kier alpha value is -2.80. The van der Waals surface area contributed by atoms with Crippen molar-refractivity contribution in [2.45, 2.75) is 13.5 Å². The molecule has 27 heavy (non-hydrogen) atoms. The number of halogens is 3. The van der Waals surface area contributed by atoms with E-state index < -0.39 is 12.5 Å². The SMILES string of the molecule is CCOc1c(Cl)cccc1NC(=O)C=Cc1ccc(OC(F)F)c(OC)c1. The van der Waals surface area contributed by atoms with Gasteiger partial charge in [-0.15, -0.1) is 0 Å². The number of alkyl halides is 2. The quantitative estimate of drug-likeness (QED) is 0.637. The van der Waals surface area contributed by atoms with Crippen molar-refractivity contribution in [3.05, 3.63) is 53.1 Å². The van der Waals surface area contributed by atoms with Gasteiger partial charge in [0.15, 0.2) is 17.2 Å². The Bertz CT molecular complexity index is 827. The predicted octanol–water partition coefficient (Wildman–Crippen LogP) is 5.00. The van der Waals surface area contributed by atoms with E-state index in [2.05, 4.69) is 10.1 Å². The van der Waals surface area contributed by atoms with Crippen molar-refractivity contribution in [1.29, 1.82) is 0 Å². The second-order valence-corrected chi connectivity index (χ2v) is 5.57. The fourth-order valence-electron chi connectivity index (χ4n) is 2.23. The third kappa shape index (κ3) is 5.86. The van der Waals surface area contributed by atoms with Gasteiger partial charge in [0.1, 0.15) is 0 Å². The van der Waals surface area contributed by atoms with E-state index in [9.17, 15) is 13.6 Å². The van der Waals surface area contributed by atoms with Gasteiger partial charge in [0.25, 0.3) is 0 Å². The van der Waals surface area contributed by atoms with Crippen LogP contribution in [0.3, 0.4) is 0 Å². The molecule has 0 aliphatic carbocycles. The number of hydrogen-bond acceptors (Lipinski definition) is 4. The predicted molar refractivity (Wildman–Crippen MR) is 99.9 cm³/mol. The molecule has 0 radical (unpaired) electrons. The maximum Gasteiger partial charge on any atom is 0.387 e. The summed E-state index contributed by atoms with van der Waals surface area (Å²) in [7, 11) is 1.34. The lowest BCUT2D eigenvalue weighted by Crippen LogP contribution is -2.09. The van der Waals surface area contributed by atoms with Gasteiger partial charge in [0.2, 0.25) is 5.91 Å². The lowest BCUT2D eigenvalue weighted by atomic mass is 10.2. The number of amides is 1. The summed E-state index contributed by atoms with van der Waals surface area (Å²) in [6.45, 7) is -0.748. The van der Waals surface area contributed by atoms with Crippen molar-refractivity contribution < 1.29 is 27.8 Å². The molecule has 0 fully saturated rings. The summed E-state index contributed by atoms with van der Waals surface area (Å²) in [5, 5.41) is 3.07. The van der Waals surface area contributed by atoms with Gasteiger partial charge in [-0.1, -0.05) is 23.7 Å². The topological polar surface area (TPSA) is 56.8 Å². The minimum atomic E-state index is -2.96. The molecule has 0 spiro atoms. The van der Waals surface area contributed by atoms with Gasteiger partial charge >= 0.3 is 6.61 Å². The number of carbonyl (C=O) groups is 1. The highest BCUT2D eigenvalue weighted by Crippen LogP contribution is 2.33. The molecule has 144 valence electrons. The van der Waals surface area contributed by atoms with Crippen LogP contribution in [0.25, 0.3) is 6.08 Å². The third-order valence-corrected chi connectivity index (χ3v) is 3.64. The number of anilines is 1. The number of benzene rings is 2. The Kier molecular flexibility index (Phi) is 7.43. The molecule has 0 aliphatic rings. The molecule has 0 aliphatic heterocycles. The highest BCUT2D eigenvalue weighted by atomic mass is 35.5. The Morgan fingerprint density at radius 2 is 2.04 bits per heavy atom. The number of ether oxygens (including phenoxy) is 3. The van der Waals surface area contributed by atoms with Gasteiger partial charge in [-0.2, -0.15) is 8.78 Å². The molecule has 0 heterocycles. The van der Waals surface area contributed by atoms with E-state index in [1.165, 1.54) is 37.5 Å². The van der Waals surface area contributed by atoms with Gasteiger partial charge in [-0.3, -0.25) is 4.79 Å². The van der Waals surface area contributed by atoms with Crippen molar-refractivity contribution >= 4 is 29.3 Å². The fourth-order valence-corrected chi connectivity index (χ4v) is 2.45. The van der Waals surface area contributed by atoms with Crippen LogP contribution in [0.15, 0.2) is 42.5 Å². The van der Waals surface area contributed by atoms with Crippen molar-refractivity contribution in [2.75, 3.05) is 19.0 Å². The van der Waals surface area contributed by atoms with Crippen LogP contribution in [0, 0.1) is 0 Å². The van der Waals surface area contributed by atoms with Crippen molar-refractivity contribution in [3.8, 4) is 17.2 Å². The molecule has 0 bridgehead atoms. The number of methoxy groups -OCH3 is 1. The number of carbonyl (C=O) groups excluding carboxylic acids is 1. The van der Waals surface area contributed by atoms with Gasteiger partial charge < -0.3 is 19.5 Å². The minimum absolute atomic E-state index is 0.0885. The van der Waals surface area contributed by atoms with Crippen molar-refractivity contribution in [1.82, 2.24) is 0 Å². The number of para-hydroxylation sites is 1. The van der Waals surface area contributed by atoms with Crippen LogP contribution in [-0.4, -0.2) is 26.2 Å². The van der Waals surface area contributed by atoms with Gasteiger partial charge in [-0.05, 0) is 42.8 Å². The zero-order valence-electron chi connectivity index (χ0n) is 14.7. The third-order valence-electron chi connectivity index (χ3n) is 3.34. The summed E-state index contributed by atoms with van der Waals surface area (Å²) in [4.78, 5) is 12.2. The molecule has 1 N–H and O–H groups in total. The molecule has 5 nitrogen and oxygen atoms in total. The summed E-state index contributed by atoms with van der Waals surface area (Å²) in [5.74, 6) is 0.0180. The molecular weight excluding hydrogens is 380 g/mol. The van der Waals surface area contributed by atoms with Crippen LogP contribution >= 0.6 is 11.6 Å². The molecule has 0 atom stereocenters. The molecule has 0 saturated carbocycles. The molecule has 8 heteroatoms. The molecule has 0 aromatic heterocycles.